The Bertz CT molecular complexity index is 502. The molecule has 116 valence electrons. The zero-order chi connectivity index (χ0) is 15.4. The summed E-state index contributed by atoms with van der Waals surface area (Å²) in [7, 11) is 0. The number of halogens is 2. The Labute approximate surface area is 134 Å². The van der Waals surface area contributed by atoms with E-state index in [1.165, 1.54) is 0 Å². The van der Waals surface area contributed by atoms with E-state index in [-0.39, 0.29) is 22.6 Å². The minimum atomic E-state index is -0.0916. The van der Waals surface area contributed by atoms with Gasteiger partial charge in [-0.15, -0.1) is 0 Å². The van der Waals surface area contributed by atoms with Gasteiger partial charge >= 0.3 is 0 Å². The van der Waals surface area contributed by atoms with Gasteiger partial charge in [0, 0.05) is 31.7 Å². The number of carbonyl (C=O) groups is 1. The van der Waals surface area contributed by atoms with Gasteiger partial charge < -0.3 is 15.7 Å². The van der Waals surface area contributed by atoms with E-state index in [1.54, 1.807) is 17.0 Å². The maximum absolute atomic E-state index is 12.5. The number of benzene rings is 1. The second-order valence-electron chi connectivity index (χ2n) is 5.07. The van der Waals surface area contributed by atoms with Crippen molar-refractivity contribution < 1.29 is 9.90 Å². The number of anilines is 1. The van der Waals surface area contributed by atoms with Crippen LogP contribution in [0.1, 0.15) is 16.8 Å². The van der Waals surface area contributed by atoms with Gasteiger partial charge in [0.15, 0.2) is 0 Å². The molecule has 1 aromatic rings. The molecule has 0 saturated carbocycles. The number of nitrogen functional groups attached to an aromatic ring is 1. The Hall–Kier alpha value is -1.01. The highest BCUT2D eigenvalue weighted by Gasteiger charge is 2.21. The monoisotopic (exact) mass is 331 g/mol. The molecule has 1 fully saturated rings. The lowest BCUT2D eigenvalue weighted by molar-refractivity contribution is 0.0760. The zero-order valence-electron chi connectivity index (χ0n) is 11.7. The number of hydrogen-bond acceptors (Lipinski definition) is 4. The number of nitrogens with zero attached hydrogens (tertiary/aromatic N) is 2. The smallest absolute Gasteiger partial charge is 0.254 e. The van der Waals surface area contributed by atoms with Gasteiger partial charge in [0.1, 0.15) is 0 Å². The predicted molar refractivity (Wildman–Crippen MR) is 84.9 cm³/mol. The Morgan fingerprint density at radius 2 is 2.00 bits per heavy atom. The van der Waals surface area contributed by atoms with E-state index in [0.29, 0.717) is 30.9 Å². The fourth-order valence-electron chi connectivity index (χ4n) is 2.46. The minimum Gasteiger partial charge on any atom is -0.397 e. The summed E-state index contributed by atoms with van der Waals surface area (Å²) in [6, 6.07) is 3.12. The maximum Gasteiger partial charge on any atom is 0.254 e. The molecule has 0 radical (unpaired) electrons. The van der Waals surface area contributed by atoms with Gasteiger partial charge in [0.2, 0.25) is 0 Å². The number of nitrogens with two attached hydrogens (primary N) is 1. The lowest BCUT2D eigenvalue weighted by atomic mass is 10.1. The van der Waals surface area contributed by atoms with Gasteiger partial charge in [-0.1, -0.05) is 23.2 Å². The van der Waals surface area contributed by atoms with Gasteiger partial charge in [-0.3, -0.25) is 9.69 Å². The summed E-state index contributed by atoms with van der Waals surface area (Å²) in [4.78, 5) is 16.5. The zero-order valence-corrected chi connectivity index (χ0v) is 13.2. The maximum atomic E-state index is 12.5. The molecule has 0 aromatic heterocycles. The SMILES string of the molecule is Nc1cc(C(=O)N2CCCN(CCO)CC2)cc(Cl)c1Cl. The summed E-state index contributed by atoms with van der Waals surface area (Å²) in [6.07, 6.45) is 0.878. The van der Waals surface area contributed by atoms with Gasteiger partial charge in [-0.25, -0.2) is 0 Å². The molecular formula is C14H19Cl2N3O2. The van der Waals surface area contributed by atoms with E-state index < -0.39 is 0 Å². The standard InChI is InChI=1S/C14H19Cl2N3O2/c15-11-8-10(9-12(17)13(11)16)14(21)19-3-1-2-18(4-5-19)6-7-20/h8-9,20H,1-7,17H2. The van der Waals surface area contributed by atoms with Crippen LogP contribution in [-0.4, -0.2) is 60.1 Å². The lowest BCUT2D eigenvalue weighted by Gasteiger charge is -2.22. The molecule has 2 rings (SSSR count). The average Bonchev–Trinajstić information content (AvgIpc) is 2.69. The van der Waals surface area contributed by atoms with E-state index >= 15 is 0 Å². The molecule has 21 heavy (non-hydrogen) atoms. The topological polar surface area (TPSA) is 69.8 Å². The molecule has 0 spiro atoms. The van der Waals surface area contributed by atoms with Crippen molar-refractivity contribution in [3.8, 4) is 0 Å². The Balaban J connectivity index is 2.09. The number of carbonyl (C=O) groups excluding carboxylic acids is 1. The molecule has 3 N–H and O–H groups in total. The second kappa shape index (κ2) is 7.31. The first-order chi connectivity index (χ1) is 10.0. The Morgan fingerprint density at radius 1 is 1.24 bits per heavy atom. The van der Waals surface area contributed by atoms with Crippen molar-refractivity contribution in [1.82, 2.24) is 9.80 Å². The average molecular weight is 332 g/mol. The van der Waals surface area contributed by atoms with E-state index in [9.17, 15) is 4.79 Å². The normalized spacial score (nSPS) is 16.8. The molecule has 5 nitrogen and oxygen atoms in total. The van der Waals surface area contributed by atoms with Crippen LogP contribution >= 0.6 is 23.2 Å². The lowest BCUT2D eigenvalue weighted by Crippen LogP contribution is -2.36. The molecule has 1 heterocycles. The van der Waals surface area contributed by atoms with Crippen molar-refractivity contribution in [3.05, 3.63) is 27.7 Å². The number of aliphatic hydroxyl groups is 1. The van der Waals surface area contributed by atoms with E-state index in [4.69, 9.17) is 34.0 Å². The van der Waals surface area contributed by atoms with Crippen LogP contribution in [0.3, 0.4) is 0 Å². The molecule has 0 unspecified atom stereocenters. The van der Waals surface area contributed by atoms with Crippen molar-refractivity contribution in [1.29, 1.82) is 0 Å². The van der Waals surface area contributed by atoms with Crippen LogP contribution in [0.25, 0.3) is 0 Å². The van der Waals surface area contributed by atoms with Gasteiger partial charge in [0.25, 0.3) is 5.91 Å². The molecule has 1 aliphatic rings. The molecule has 1 aliphatic heterocycles. The molecule has 0 bridgehead atoms. The molecule has 7 heteroatoms. The molecule has 1 aromatic carbocycles. The summed E-state index contributed by atoms with van der Waals surface area (Å²) in [5.74, 6) is -0.0916. The third-order valence-electron chi connectivity index (χ3n) is 3.60. The highest BCUT2D eigenvalue weighted by molar-refractivity contribution is 6.43. The number of aliphatic hydroxyl groups excluding tert-OH is 1. The molecule has 1 saturated heterocycles. The molecule has 1 amide bonds. The highest BCUT2D eigenvalue weighted by atomic mass is 35.5. The van der Waals surface area contributed by atoms with Crippen LogP contribution in [-0.2, 0) is 0 Å². The quantitative estimate of drug-likeness (QED) is 0.827. The van der Waals surface area contributed by atoms with Crippen LogP contribution in [0.2, 0.25) is 10.0 Å². The third-order valence-corrected chi connectivity index (χ3v) is 4.41. The van der Waals surface area contributed by atoms with Crippen molar-refractivity contribution in [2.24, 2.45) is 0 Å². The van der Waals surface area contributed by atoms with Gasteiger partial charge in [-0.05, 0) is 25.1 Å². The van der Waals surface area contributed by atoms with E-state index in [0.717, 1.165) is 19.5 Å². The minimum absolute atomic E-state index is 0.0916. The first-order valence-electron chi connectivity index (χ1n) is 6.90. The summed E-state index contributed by atoms with van der Waals surface area (Å²) in [6.45, 7) is 3.72. The van der Waals surface area contributed by atoms with Crippen molar-refractivity contribution in [2.45, 2.75) is 6.42 Å². The van der Waals surface area contributed by atoms with E-state index in [2.05, 4.69) is 4.90 Å². The van der Waals surface area contributed by atoms with Gasteiger partial charge in [0.05, 0.1) is 22.3 Å². The first-order valence-corrected chi connectivity index (χ1v) is 7.65. The van der Waals surface area contributed by atoms with Crippen LogP contribution in [0.15, 0.2) is 12.1 Å². The van der Waals surface area contributed by atoms with Crippen LogP contribution < -0.4 is 5.73 Å². The van der Waals surface area contributed by atoms with Crippen molar-refractivity contribution >= 4 is 34.8 Å². The van der Waals surface area contributed by atoms with Crippen molar-refractivity contribution in [3.63, 3.8) is 0 Å². The largest absolute Gasteiger partial charge is 0.397 e. The summed E-state index contributed by atoms with van der Waals surface area (Å²) in [5.41, 5.74) is 6.52. The Morgan fingerprint density at radius 3 is 2.67 bits per heavy atom. The molecular weight excluding hydrogens is 313 g/mol. The van der Waals surface area contributed by atoms with Gasteiger partial charge in [-0.2, -0.15) is 0 Å². The van der Waals surface area contributed by atoms with Crippen molar-refractivity contribution in [2.75, 3.05) is 45.1 Å². The summed E-state index contributed by atoms with van der Waals surface area (Å²) in [5, 5.41) is 9.55. The molecule has 0 atom stereocenters. The summed E-state index contributed by atoms with van der Waals surface area (Å²) >= 11 is 11.9. The third kappa shape index (κ3) is 4.01. The van der Waals surface area contributed by atoms with Crippen LogP contribution in [0, 0.1) is 0 Å². The first kappa shape index (κ1) is 16.4. The number of rotatable bonds is 3. The second-order valence-corrected chi connectivity index (χ2v) is 5.86. The number of amides is 1. The van der Waals surface area contributed by atoms with Crippen LogP contribution in [0.4, 0.5) is 5.69 Å². The predicted octanol–water partition coefficient (Wildman–Crippen LogP) is 1.72. The van der Waals surface area contributed by atoms with Crippen LogP contribution in [0.5, 0.6) is 0 Å². The number of hydrogen-bond donors (Lipinski definition) is 2. The highest BCUT2D eigenvalue weighted by Crippen LogP contribution is 2.30. The fourth-order valence-corrected chi connectivity index (χ4v) is 2.79. The number of β-amino-alcohol motifs (C(OH)–C–C–N with tert-alkyl or cyclic N) is 1. The Kier molecular flexibility index (Phi) is 5.70. The summed E-state index contributed by atoms with van der Waals surface area (Å²) < 4.78 is 0. The molecule has 0 aliphatic carbocycles. The fraction of sp³-hybridized carbons (Fsp3) is 0.500. The van der Waals surface area contributed by atoms with E-state index in [1.807, 2.05) is 0 Å².